The predicted octanol–water partition coefficient (Wildman–Crippen LogP) is 5.11. The summed E-state index contributed by atoms with van der Waals surface area (Å²) in [5.41, 5.74) is 4.72. The lowest BCUT2D eigenvalue weighted by Gasteiger charge is -2.14. The van der Waals surface area contributed by atoms with Crippen molar-refractivity contribution < 1.29 is 0 Å². The highest BCUT2D eigenvalue weighted by molar-refractivity contribution is 5.45. The Morgan fingerprint density at radius 2 is 1.54 bits per heavy atom. The topological polar surface area (TPSA) is 35.6 Å². The molecule has 1 aliphatic rings. The third-order valence-corrected chi connectivity index (χ3v) is 4.35. The molecule has 0 radical (unpaired) electrons. The molecule has 0 saturated heterocycles. The van der Waals surface area contributed by atoms with Crippen LogP contribution in [0.5, 0.6) is 0 Å². The van der Waals surface area contributed by atoms with Gasteiger partial charge in [0.05, 0.1) is 11.4 Å². The zero-order valence-electron chi connectivity index (χ0n) is 16.2. The summed E-state index contributed by atoms with van der Waals surface area (Å²) < 4.78 is 4.28. The van der Waals surface area contributed by atoms with Crippen LogP contribution in [0, 0.1) is 27.7 Å². The fraction of sp³-hybridized carbons (Fsp3) is 0.500. The molecule has 3 heterocycles. The molecule has 0 aliphatic carbocycles. The summed E-state index contributed by atoms with van der Waals surface area (Å²) in [6.07, 6.45) is 7.28. The minimum absolute atomic E-state index is 0.856. The molecule has 2 aromatic heterocycles. The summed E-state index contributed by atoms with van der Waals surface area (Å²) in [5.74, 6) is 2.15. The second-order valence-corrected chi connectivity index (χ2v) is 5.71. The zero-order valence-corrected chi connectivity index (χ0v) is 16.2. The maximum Gasteiger partial charge on any atom is 0.136 e. The highest BCUT2D eigenvalue weighted by Crippen LogP contribution is 2.17. The van der Waals surface area contributed by atoms with E-state index in [1.54, 1.807) is 12.3 Å². The van der Waals surface area contributed by atoms with E-state index in [0.717, 1.165) is 17.2 Å². The average molecular weight is 329 g/mol. The number of imidazole rings is 2. The van der Waals surface area contributed by atoms with Gasteiger partial charge in [-0.2, -0.15) is 0 Å². The van der Waals surface area contributed by atoms with Crippen molar-refractivity contribution in [3.8, 4) is 0 Å². The molecule has 0 fully saturated rings. The van der Waals surface area contributed by atoms with E-state index in [2.05, 4.69) is 41.5 Å². The molecule has 1 aliphatic heterocycles. The van der Waals surface area contributed by atoms with Crippen molar-refractivity contribution in [1.82, 2.24) is 19.1 Å². The number of hydrogen-bond acceptors (Lipinski definition) is 2. The maximum atomic E-state index is 4.51. The molecule has 0 N–H and O–H groups in total. The summed E-state index contributed by atoms with van der Waals surface area (Å²) in [6, 6.07) is 0. The van der Waals surface area contributed by atoms with Crippen molar-refractivity contribution >= 4 is 12.3 Å². The van der Waals surface area contributed by atoms with Gasteiger partial charge in [-0.1, -0.05) is 27.0 Å². The fourth-order valence-corrected chi connectivity index (χ4v) is 2.79. The Bertz CT molecular complexity index is 689. The Hall–Kier alpha value is -2.10. The Morgan fingerprint density at radius 3 is 2.04 bits per heavy atom. The van der Waals surface area contributed by atoms with E-state index in [0.29, 0.717) is 0 Å². The van der Waals surface area contributed by atoms with Crippen molar-refractivity contribution in [2.75, 3.05) is 0 Å². The lowest BCUT2D eigenvalue weighted by atomic mass is 10.2. The lowest BCUT2D eigenvalue weighted by Crippen LogP contribution is -2.11. The number of nitrogens with zero attached hydrogens (tertiary/aromatic N) is 4. The van der Waals surface area contributed by atoms with Crippen molar-refractivity contribution in [3.63, 3.8) is 0 Å². The molecule has 132 valence electrons. The standard InChI is InChI=1S/C9H14N2.C9H12N2.C2H6/c1-7-8(2)11-6-4-3-5-9(11)10-7;1-5-9-10-7(3)8(4)11(9)6-2;1-2/h3-6H2,1-2H3;5-6H,1-2H2,3-4H3;1-2H3. The van der Waals surface area contributed by atoms with Gasteiger partial charge in [0.15, 0.2) is 0 Å². The van der Waals surface area contributed by atoms with Crippen LogP contribution in [0.3, 0.4) is 0 Å². The first-order valence-electron chi connectivity index (χ1n) is 8.82. The van der Waals surface area contributed by atoms with Gasteiger partial charge in [0.25, 0.3) is 0 Å². The molecular formula is C20H32N4. The lowest BCUT2D eigenvalue weighted by molar-refractivity contribution is 0.514. The first-order valence-corrected chi connectivity index (χ1v) is 8.82. The number of aryl methyl sites for hydroxylation is 3. The third-order valence-electron chi connectivity index (χ3n) is 4.35. The van der Waals surface area contributed by atoms with Crippen LogP contribution in [0.2, 0.25) is 0 Å². The largest absolute Gasteiger partial charge is 0.332 e. The highest BCUT2D eigenvalue weighted by atomic mass is 15.1. The van der Waals surface area contributed by atoms with Crippen LogP contribution < -0.4 is 0 Å². The molecule has 0 amide bonds. The number of fused-ring (bicyclic) bond motifs is 1. The monoisotopic (exact) mass is 328 g/mol. The van der Waals surface area contributed by atoms with Crippen molar-refractivity contribution in [2.24, 2.45) is 0 Å². The number of rotatable bonds is 2. The van der Waals surface area contributed by atoms with Crippen LogP contribution in [0.25, 0.3) is 12.3 Å². The second kappa shape index (κ2) is 9.26. The molecule has 2 aromatic rings. The summed E-state index contributed by atoms with van der Waals surface area (Å²) in [5, 5.41) is 0. The molecule has 0 spiro atoms. The Balaban J connectivity index is 0.000000218. The van der Waals surface area contributed by atoms with Crippen LogP contribution in [-0.2, 0) is 13.0 Å². The maximum absolute atomic E-state index is 4.51. The molecule has 0 atom stereocenters. The van der Waals surface area contributed by atoms with Crippen molar-refractivity contribution in [3.05, 3.63) is 47.6 Å². The molecular weight excluding hydrogens is 296 g/mol. The van der Waals surface area contributed by atoms with E-state index >= 15 is 0 Å². The van der Waals surface area contributed by atoms with Crippen LogP contribution in [0.15, 0.2) is 13.2 Å². The second-order valence-electron chi connectivity index (χ2n) is 5.71. The van der Waals surface area contributed by atoms with Gasteiger partial charge < -0.3 is 9.13 Å². The van der Waals surface area contributed by atoms with Gasteiger partial charge in [0, 0.05) is 30.6 Å². The molecule has 0 unspecified atom stereocenters. The van der Waals surface area contributed by atoms with Gasteiger partial charge in [-0.3, -0.25) is 0 Å². The van der Waals surface area contributed by atoms with Gasteiger partial charge >= 0.3 is 0 Å². The summed E-state index contributed by atoms with van der Waals surface area (Å²) in [7, 11) is 0. The molecule has 0 saturated carbocycles. The van der Waals surface area contributed by atoms with Gasteiger partial charge in [-0.05, 0) is 46.6 Å². The smallest absolute Gasteiger partial charge is 0.136 e. The number of hydrogen-bond donors (Lipinski definition) is 0. The van der Waals surface area contributed by atoms with Gasteiger partial charge in [0.2, 0.25) is 0 Å². The minimum atomic E-state index is 0.856. The highest BCUT2D eigenvalue weighted by Gasteiger charge is 2.13. The molecule has 4 nitrogen and oxygen atoms in total. The first-order chi connectivity index (χ1) is 11.5. The zero-order chi connectivity index (χ0) is 18.3. The SMILES string of the molecule is C=Cc1nc(C)c(C)n1C=C.CC.Cc1nc2n(c1C)CCCC2. The molecule has 4 heteroatoms. The van der Waals surface area contributed by atoms with E-state index in [4.69, 9.17) is 0 Å². The molecule has 24 heavy (non-hydrogen) atoms. The average Bonchev–Trinajstić information content (AvgIpc) is 3.06. The van der Waals surface area contributed by atoms with E-state index in [9.17, 15) is 0 Å². The van der Waals surface area contributed by atoms with Crippen LogP contribution >= 0.6 is 0 Å². The van der Waals surface area contributed by atoms with E-state index in [1.165, 1.54) is 43.0 Å². The quantitative estimate of drug-likeness (QED) is 0.768. The molecule has 0 bridgehead atoms. The van der Waals surface area contributed by atoms with Gasteiger partial charge in [-0.25, -0.2) is 9.97 Å². The summed E-state index contributed by atoms with van der Waals surface area (Å²) in [4.78, 5) is 8.79. The van der Waals surface area contributed by atoms with Gasteiger partial charge in [-0.15, -0.1) is 0 Å². The van der Waals surface area contributed by atoms with Crippen LogP contribution in [-0.4, -0.2) is 19.1 Å². The number of aromatic nitrogens is 4. The van der Waals surface area contributed by atoms with Crippen LogP contribution in [0.1, 0.15) is 61.1 Å². The minimum Gasteiger partial charge on any atom is -0.332 e. The Morgan fingerprint density at radius 1 is 0.917 bits per heavy atom. The van der Waals surface area contributed by atoms with E-state index < -0.39 is 0 Å². The van der Waals surface area contributed by atoms with Crippen molar-refractivity contribution in [1.29, 1.82) is 0 Å². The first kappa shape index (κ1) is 19.9. The predicted molar refractivity (Wildman–Crippen MR) is 104 cm³/mol. The normalized spacial score (nSPS) is 12.2. The summed E-state index contributed by atoms with van der Waals surface area (Å²) >= 11 is 0. The van der Waals surface area contributed by atoms with Crippen molar-refractivity contribution in [2.45, 2.75) is 67.3 Å². The van der Waals surface area contributed by atoms with E-state index in [1.807, 2.05) is 32.3 Å². The van der Waals surface area contributed by atoms with E-state index in [-0.39, 0.29) is 0 Å². The van der Waals surface area contributed by atoms with Gasteiger partial charge in [0.1, 0.15) is 11.6 Å². The van der Waals surface area contributed by atoms with Crippen LogP contribution in [0.4, 0.5) is 0 Å². The molecule has 0 aromatic carbocycles. The fourth-order valence-electron chi connectivity index (χ4n) is 2.79. The Kier molecular flexibility index (Phi) is 7.69. The third kappa shape index (κ3) is 4.25. The Labute approximate surface area is 147 Å². The molecule has 3 rings (SSSR count). The summed E-state index contributed by atoms with van der Waals surface area (Å²) in [6.45, 7) is 20.8.